The van der Waals surface area contributed by atoms with Gasteiger partial charge in [0.1, 0.15) is 0 Å². The number of benzene rings is 2. The zero-order valence-electron chi connectivity index (χ0n) is 15.6. The van der Waals surface area contributed by atoms with Crippen molar-refractivity contribution in [2.45, 2.75) is 4.90 Å². The predicted molar refractivity (Wildman–Crippen MR) is 101 cm³/mol. The van der Waals surface area contributed by atoms with Crippen molar-refractivity contribution in [3.8, 4) is 11.5 Å². The zero-order valence-corrected chi connectivity index (χ0v) is 16.4. The third-order valence-electron chi connectivity index (χ3n) is 3.64. The van der Waals surface area contributed by atoms with Gasteiger partial charge in [0.2, 0.25) is 10.0 Å². The van der Waals surface area contributed by atoms with Crippen LogP contribution in [0.4, 0.5) is 0 Å². The number of hydrogen-bond acceptors (Lipinski definition) is 6. The van der Waals surface area contributed by atoms with Gasteiger partial charge in [0, 0.05) is 19.7 Å². The first-order chi connectivity index (χ1) is 13.3. The second-order valence-electron chi connectivity index (χ2n) is 5.75. The van der Waals surface area contributed by atoms with Crippen LogP contribution >= 0.6 is 0 Å². The fraction of sp³-hybridized carbons (Fsp3) is 0.222. The van der Waals surface area contributed by atoms with Crippen LogP contribution in [0, 0.1) is 0 Å². The van der Waals surface area contributed by atoms with E-state index in [1.807, 2.05) is 0 Å². The minimum atomic E-state index is -3.58. The van der Waals surface area contributed by atoms with Gasteiger partial charge in [0.15, 0.2) is 18.1 Å². The molecular formula is C18H21N3O6S. The van der Waals surface area contributed by atoms with Crippen LogP contribution in [-0.4, -0.2) is 52.3 Å². The van der Waals surface area contributed by atoms with Crippen molar-refractivity contribution in [2.75, 3.05) is 27.8 Å². The number of nitrogens with zero attached hydrogens (tertiary/aromatic N) is 1. The van der Waals surface area contributed by atoms with Gasteiger partial charge in [0.25, 0.3) is 11.8 Å². The molecule has 2 rings (SSSR count). The molecule has 0 aliphatic rings. The van der Waals surface area contributed by atoms with E-state index in [4.69, 9.17) is 9.47 Å². The molecule has 0 atom stereocenters. The maximum atomic E-state index is 12.1. The number of ether oxygens (including phenoxy) is 2. The van der Waals surface area contributed by atoms with Crippen molar-refractivity contribution in [1.29, 1.82) is 0 Å². The molecule has 2 aromatic carbocycles. The van der Waals surface area contributed by atoms with E-state index in [1.54, 1.807) is 24.3 Å². The molecular weight excluding hydrogens is 386 g/mol. The molecule has 0 aromatic heterocycles. The van der Waals surface area contributed by atoms with Gasteiger partial charge in [-0.1, -0.05) is 12.1 Å². The van der Waals surface area contributed by atoms with Crippen LogP contribution in [0.1, 0.15) is 10.4 Å². The third-order valence-corrected chi connectivity index (χ3v) is 5.47. The van der Waals surface area contributed by atoms with Crippen LogP contribution in [0.3, 0.4) is 0 Å². The Labute approximate surface area is 163 Å². The lowest BCUT2D eigenvalue weighted by Crippen LogP contribution is -2.43. The number of carbonyl (C=O) groups excluding carboxylic acids is 2. The van der Waals surface area contributed by atoms with E-state index in [-0.39, 0.29) is 17.1 Å². The van der Waals surface area contributed by atoms with Crippen molar-refractivity contribution >= 4 is 21.8 Å². The molecule has 2 amide bonds. The van der Waals surface area contributed by atoms with Gasteiger partial charge in [-0.3, -0.25) is 20.4 Å². The fourth-order valence-corrected chi connectivity index (χ4v) is 3.01. The Bertz CT molecular complexity index is 942. The van der Waals surface area contributed by atoms with Crippen LogP contribution in [0.5, 0.6) is 11.5 Å². The highest BCUT2D eigenvalue weighted by Crippen LogP contribution is 2.25. The Kier molecular flexibility index (Phi) is 6.96. The van der Waals surface area contributed by atoms with E-state index in [2.05, 4.69) is 10.9 Å². The minimum Gasteiger partial charge on any atom is -0.493 e. The summed E-state index contributed by atoms with van der Waals surface area (Å²) in [6, 6.07) is 12.2. The zero-order chi connectivity index (χ0) is 20.7. The van der Waals surface area contributed by atoms with Crippen molar-refractivity contribution in [2.24, 2.45) is 0 Å². The maximum absolute atomic E-state index is 12.1. The van der Waals surface area contributed by atoms with E-state index in [1.165, 1.54) is 45.5 Å². The third kappa shape index (κ3) is 5.21. The molecule has 150 valence electrons. The molecule has 0 saturated heterocycles. The van der Waals surface area contributed by atoms with Crippen LogP contribution < -0.4 is 20.3 Å². The summed E-state index contributed by atoms with van der Waals surface area (Å²) in [5.74, 6) is -0.304. The molecule has 0 unspecified atom stereocenters. The van der Waals surface area contributed by atoms with Gasteiger partial charge >= 0.3 is 0 Å². The Morgan fingerprint density at radius 3 is 2.14 bits per heavy atom. The number of para-hydroxylation sites is 2. The summed E-state index contributed by atoms with van der Waals surface area (Å²) >= 11 is 0. The second kappa shape index (κ2) is 9.20. The average molecular weight is 407 g/mol. The summed E-state index contributed by atoms with van der Waals surface area (Å²) < 4.78 is 35.5. The Morgan fingerprint density at radius 1 is 0.964 bits per heavy atom. The number of rotatable bonds is 7. The largest absolute Gasteiger partial charge is 0.493 e. The molecule has 0 heterocycles. The first-order valence-electron chi connectivity index (χ1n) is 8.13. The number of amides is 2. The highest BCUT2D eigenvalue weighted by atomic mass is 32.2. The predicted octanol–water partition coefficient (Wildman–Crippen LogP) is 0.786. The van der Waals surface area contributed by atoms with Crippen molar-refractivity contribution in [3.05, 3.63) is 54.1 Å². The molecule has 0 saturated carbocycles. The molecule has 28 heavy (non-hydrogen) atoms. The number of methoxy groups -OCH3 is 1. The lowest BCUT2D eigenvalue weighted by molar-refractivity contribution is -0.123. The lowest BCUT2D eigenvalue weighted by Gasteiger charge is -2.12. The van der Waals surface area contributed by atoms with Gasteiger partial charge < -0.3 is 9.47 Å². The van der Waals surface area contributed by atoms with E-state index in [0.717, 1.165) is 4.31 Å². The summed E-state index contributed by atoms with van der Waals surface area (Å²) in [4.78, 5) is 24.0. The average Bonchev–Trinajstić information content (AvgIpc) is 2.70. The summed E-state index contributed by atoms with van der Waals surface area (Å²) in [6.45, 7) is -0.333. The number of hydrogen-bond donors (Lipinski definition) is 2. The Balaban J connectivity index is 1.88. The molecule has 0 bridgehead atoms. The smallest absolute Gasteiger partial charge is 0.276 e. The summed E-state index contributed by atoms with van der Waals surface area (Å²) in [5.41, 5.74) is 4.64. The number of hydrazine groups is 1. The quantitative estimate of drug-likeness (QED) is 0.656. The SMILES string of the molecule is COc1ccccc1OCC(=O)NNC(=O)c1ccc(S(=O)(=O)N(C)C)cc1. The molecule has 2 N–H and O–H groups in total. The van der Waals surface area contributed by atoms with Crippen LogP contribution in [0.15, 0.2) is 53.4 Å². The van der Waals surface area contributed by atoms with Crippen LogP contribution in [0.25, 0.3) is 0 Å². The molecule has 0 spiro atoms. The van der Waals surface area contributed by atoms with Gasteiger partial charge in [-0.2, -0.15) is 0 Å². The summed E-state index contributed by atoms with van der Waals surface area (Å²) in [7, 11) is 0.735. The van der Waals surface area contributed by atoms with Gasteiger partial charge in [-0.15, -0.1) is 0 Å². The molecule has 0 radical (unpaired) electrons. The van der Waals surface area contributed by atoms with Gasteiger partial charge in [0.05, 0.1) is 12.0 Å². The lowest BCUT2D eigenvalue weighted by atomic mass is 10.2. The molecule has 2 aromatic rings. The van der Waals surface area contributed by atoms with E-state index in [9.17, 15) is 18.0 Å². The van der Waals surface area contributed by atoms with Gasteiger partial charge in [-0.25, -0.2) is 12.7 Å². The van der Waals surface area contributed by atoms with Crippen molar-refractivity contribution in [1.82, 2.24) is 15.2 Å². The van der Waals surface area contributed by atoms with E-state index in [0.29, 0.717) is 11.5 Å². The maximum Gasteiger partial charge on any atom is 0.276 e. The van der Waals surface area contributed by atoms with Crippen molar-refractivity contribution in [3.63, 3.8) is 0 Å². The van der Waals surface area contributed by atoms with Crippen molar-refractivity contribution < 1.29 is 27.5 Å². The van der Waals surface area contributed by atoms with E-state index >= 15 is 0 Å². The Morgan fingerprint density at radius 2 is 1.57 bits per heavy atom. The minimum absolute atomic E-state index is 0.0586. The summed E-state index contributed by atoms with van der Waals surface area (Å²) in [6.07, 6.45) is 0. The highest BCUT2D eigenvalue weighted by Gasteiger charge is 2.17. The fourth-order valence-electron chi connectivity index (χ4n) is 2.11. The normalized spacial score (nSPS) is 11.0. The molecule has 0 aliphatic heterocycles. The first-order valence-corrected chi connectivity index (χ1v) is 9.57. The monoisotopic (exact) mass is 407 g/mol. The second-order valence-corrected chi connectivity index (χ2v) is 7.91. The highest BCUT2D eigenvalue weighted by molar-refractivity contribution is 7.89. The van der Waals surface area contributed by atoms with Crippen LogP contribution in [-0.2, 0) is 14.8 Å². The van der Waals surface area contributed by atoms with Gasteiger partial charge in [-0.05, 0) is 36.4 Å². The molecule has 0 fully saturated rings. The molecule has 0 aliphatic carbocycles. The summed E-state index contributed by atoms with van der Waals surface area (Å²) in [5, 5.41) is 0. The molecule has 10 heteroatoms. The van der Waals surface area contributed by atoms with E-state index < -0.39 is 21.8 Å². The number of sulfonamides is 1. The Hall–Kier alpha value is -3.11. The number of nitrogens with one attached hydrogen (secondary N) is 2. The molecule has 9 nitrogen and oxygen atoms in total. The van der Waals surface area contributed by atoms with Crippen LogP contribution in [0.2, 0.25) is 0 Å². The number of carbonyl (C=O) groups is 2. The standard InChI is InChI=1S/C18H21N3O6S/c1-21(2)28(24,25)14-10-8-13(9-11-14)18(23)20-19-17(22)12-27-16-7-5-4-6-15(16)26-3/h4-11H,12H2,1-3H3,(H,19,22)(H,20,23). The first kappa shape index (κ1) is 21.2. The topological polar surface area (TPSA) is 114 Å².